The summed E-state index contributed by atoms with van der Waals surface area (Å²) in [6.45, 7) is 0.966. The van der Waals surface area contributed by atoms with Crippen LogP contribution in [0, 0.1) is 5.82 Å². The highest BCUT2D eigenvalue weighted by Crippen LogP contribution is 2.30. The number of nitrogens with zero attached hydrogens (tertiary/aromatic N) is 2. The van der Waals surface area contributed by atoms with Crippen LogP contribution in [0.2, 0.25) is 5.02 Å². The van der Waals surface area contributed by atoms with Gasteiger partial charge in [0.2, 0.25) is 0 Å². The third-order valence-electron chi connectivity index (χ3n) is 4.15. The topological polar surface area (TPSA) is 71.7 Å². The molecule has 3 rings (SSSR count). The lowest BCUT2D eigenvalue weighted by Crippen LogP contribution is -2.41. The fourth-order valence-corrected chi connectivity index (χ4v) is 2.96. The number of aromatic nitrogens is 2. The van der Waals surface area contributed by atoms with Crippen LogP contribution in [-0.2, 0) is 22.7 Å². The van der Waals surface area contributed by atoms with Gasteiger partial charge in [-0.25, -0.2) is 13.8 Å². The molecule has 2 heterocycles. The monoisotopic (exact) mass is 438 g/mol. The molecule has 1 aliphatic rings. The van der Waals surface area contributed by atoms with Gasteiger partial charge < -0.3 is 14.2 Å². The van der Waals surface area contributed by atoms with E-state index in [4.69, 9.17) is 25.8 Å². The molecule has 1 aromatic carbocycles. The van der Waals surface area contributed by atoms with Gasteiger partial charge in [-0.1, -0.05) is 11.6 Å². The van der Waals surface area contributed by atoms with E-state index in [1.54, 1.807) is 0 Å². The van der Waals surface area contributed by atoms with E-state index in [-0.39, 0.29) is 32.6 Å². The Morgan fingerprint density at radius 2 is 1.86 bits per heavy atom. The Bertz CT molecular complexity index is 1030. The first-order valence-electron chi connectivity index (χ1n) is 8.35. The number of hydrogen-bond donors (Lipinski definition) is 0. The summed E-state index contributed by atoms with van der Waals surface area (Å²) in [5.41, 5.74) is -4.76. The number of alkyl halides is 3. The van der Waals surface area contributed by atoms with Gasteiger partial charge in [0.1, 0.15) is 17.3 Å². The summed E-state index contributed by atoms with van der Waals surface area (Å²) in [6, 6.07) is 1.99. The molecule has 12 heteroatoms. The van der Waals surface area contributed by atoms with Crippen LogP contribution < -0.4 is 16.0 Å². The Labute approximate surface area is 166 Å². The Kier molecular flexibility index (Phi) is 6.01. The second-order valence-corrected chi connectivity index (χ2v) is 6.49. The van der Waals surface area contributed by atoms with Gasteiger partial charge >= 0.3 is 11.9 Å². The van der Waals surface area contributed by atoms with Crippen molar-refractivity contribution in [1.29, 1.82) is 0 Å². The molecule has 0 amide bonds. The molecule has 1 aromatic heterocycles. The standard InChI is InChI=1S/C17H15ClF4N2O5/c1-23-13(17(20,21)22)8-14(25)24(16(23)26)11-7-12(9(18)6-10(11)19)27-3-2-15-28-4-5-29-15/h6-8,15H,2-5H2,1H3. The molecule has 158 valence electrons. The van der Waals surface area contributed by atoms with Gasteiger partial charge in [0.05, 0.1) is 30.5 Å². The van der Waals surface area contributed by atoms with Crippen molar-refractivity contribution < 1.29 is 31.8 Å². The van der Waals surface area contributed by atoms with Crippen molar-refractivity contribution in [1.82, 2.24) is 9.13 Å². The molecule has 0 aliphatic carbocycles. The normalized spacial score (nSPS) is 15.1. The molecule has 0 radical (unpaired) electrons. The van der Waals surface area contributed by atoms with E-state index >= 15 is 0 Å². The summed E-state index contributed by atoms with van der Waals surface area (Å²) in [7, 11) is 0.827. The van der Waals surface area contributed by atoms with Crippen LogP contribution in [-0.4, -0.2) is 35.2 Å². The summed E-state index contributed by atoms with van der Waals surface area (Å²) in [4.78, 5) is 24.5. The molecule has 0 saturated carbocycles. The van der Waals surface area contributed by atoms with Crippen LogP contribution in [0.15, 0.2) is 27.8 Å². The summed E-state index contributed by atoms with van der Waals surface area (Å²) < 4.78 is 69.7. The molecular formula is C17H15ClF4N2O5. The highest BCUT2D eigenvalue weighted by molar-refractivity contribution is 6.32. The summed E-state index contributed by atoms with van der Waals surface area (Å²) in [5.74, 6) is -1.14. The molecule has 2 aromatic rings. The Morgan fingerprint density at radius 1 is 1.21 bits per heavy atom. The third kappa shape index (κ3) is 4.46. The molecular weight excluding hydrogens is 424 g/mol. The number of rotatable bonds is 5. The maximum Gasteiger partial charge on any atom is 0.431 e. The molecule has 1 fully saturated rings. The van der Waals surface area contributed by atoms with Crippen molar-refractivity contribution in [3.8, 4) is 11.4 Å². The minimum absolute atomic E-state index is 0.0603. The lowest BCUT2D eigenvalue weighted by Gasteiger charge is -2.16. The third-order valence-corrected chi connectivity index (χ3v) is 4.45. The van der Waals surface area contributed by atoms with Gasteiger partial charge in [0, 0.05) is 25.6 Å². The molecule has 0 atom stereocenters. The number of benzene rings is 1. The maximum absolute atomic E-state index is 14.4. The smallest absolute Gasteiger partial charge is 0.431 e. The second-order valence-electron chi connectivity index (χ2n) is 6.08. The molecule has 1 saturated heterocycles. The average Bonchev–Trinajstić information content (AvgIpc) is 3.14. The highest BCUT2D eigenvalue weighted by atomic mass is 35.5. The number of halogens is 5. The molecule has 0 N–H and O–H groups in total. The van der Waals surface area contributed by atoms with Crippen molar-refractivity contribution in [2.75, 3.05) is 19.8 Å². The Hall–Kier alpha value is -2.37. The van der Waals surface area contributed by atoms with Crippen molar-refractivity contribution in [2.24, 2.45) is 7.05 Å². The predicted molar refractivity (Wildman–Crippen MR) is 93.1 cm³/mol. The lowest BCUT2D eigenvalue weighted by molar-refractivity contribution is -0.144. The Morgan fingerprint density at radius 3 is 2.48 bits per heavy atom. The minimum Gasteiger partial charge on any atom is -0.492 e. The van der Waals surface area contributed by atoms with Crippen LogP contribution in [0.3, 0.4) is 0 Å². The van der Waals surface area contributed by atoms with E-state index in [0.717, 1.165) is 19.2 Å². The zero-order valence-corrected chi connectivity index (χ0v) is 15.7. The van der Waals surface area contributed by atoms with Crippen LogP contribution in [0.25, 0.3) is 5.69 Å². The van der Waals surface area contributed by atoms with Crippen LogP contribution in [0.5, 0.6) is 5.75 Å². The van der Waals surface area contributed by atoms with E-state index in [1.165, 1.54) is 0 Å². The molecule has 7 nitrogen and oxygen atoms in total. The molecule has 0 spiro atoms. The van der Waals surface area contributed by atoms with Gasteiger partial charge in [0.25, 0.3) is 5.56 Å². The largest absolute Gasteiger partial charge is 0.492 e. The van der Waals surface area contributed by atoms with Crippen molar-refractivity contribution >= 4 is 11.6 Å². The minimum atomic E-state index is -4.93. The first kappa shape index (κ1) is 21.3. The van der Waals surface area contributed by atoms with Crippen molar-refractivity contribution in [2.45, 2.75) is 18.9 Å². The van der Waals surface area contributed by atoms with E-state index in [9.17, 15) is 27.2 Å². The summed E-state index contributed by atoms with van der Waals surface area (Å²) in [5, 5.41) is -0.142. The van der Waals surface area contributed by atoms with Crippen LogP contribution in [0.4, 0.5) is 17.6 Å². The zero-order chi connectivity index (χ0) is 21.3. The Balaban J connectivity index is 1.97. The lowest BCUT2D eigenvalue weighted by atomic mass is 10.2. The van der Waals surface area contributed by atoms with E-state index < -0.39 is 40.9 Å². The van der Waals surface area contributed by atoms with Gasteiger partial charge in [0.15, 0.2) is 6.29 Å². The van der Waals surface area contributed by atoms with Crippen molar-refractivity contribution in [3.05, 3.63) is 55.6 Å². The van der Waals surface area contributed by atoms with Gasteiger partial charge in [-0.2, -0.15) is 13.2 Å². The summed E-state index contributed by atoms with van der Waals surface area (Å²) in [6.07, 6.45) is -5.05. The van der Waals surface area contributed by atoms with E-state index in [2.05, 4.69) is 0 Å². The number of hydrogen-bond acceptors (Lipinski definition) is 5. The molecule has 0 bridgehead atoms. The first-order chi connectivity index (χ1) is 13.6. The molecule has 29 heavy (non-hydrogen) atoms. The van der Waals surface area contributed by atoms with Crippen LogP contribution >= 0.6 is 11.6 Å². The quantitative estimate of drug-likeness (QED) is 0.671. The van der Waals surface area contributed by atoms with Gasteiger partial charge in [-0.15, -0.1) is 0 Å². The summed E-state index contributed by atoms with van der Waals surface area (Å²) >= 11 is 5.93. The molecule has 0 unspecified atom stereocenters. The second kappa shape index (κ2) is 8.17. The van der Waals surface area contributed by atoms with Crippen LogP contribution in [0.1, 0.15) is 12.1 Å². The maximum atomic E-state index is 14.4. The van der Waals surface area contributed by atoms with Gasteiger partial charge in [-0.3, -0.25) is 9.36 Å². The van der Waals surface area contributed by atoms with E-state index in [0.29, 0.717) is 19.6 Å². The first-order valence-corrected chi connectivity index (χ1v) is 8.73. The zero-order valence-electron chi connectivity index (χ0n) is 15.0. The fourth-order valence-electron chi connectivity index (χ4n) is 2.76. The van der Waals surface area contributed by atoms with E-state index in [1.807, 2.05) is 0 Å². The average molecular weight is 439 g/mol. The molecule has 1 aliphatic heterocycles. The number of ether oxygens (including phenoxy) is 3. The van der Waals surface area contributed by atoms with Crippen molar-refractivity contribution in [3.63, 3.8) is 0 Å². The van der Waals surface area contributed by atoms with Gasteiger partial charge in [-0.05, 0) is 6.07 Å². The highest BCUT2D eigenvalue weighted by Gasteiger charge is 2.35. The SMILES string of the molecule is Cn1c(C(F)(F)F)cc(=O)n(-c2cc(OCCC3OCCO3)c(Cl)cc2F)c1=O. The predicted octanol–water partition coefficient (Wildman–Crippen LogP) is 2.49. The fraction of sp³-hybridized carbons (Fsp3) is 0.412.